The lowest BCUT2D eigenvalue weighted by Crippen LogP contribution is -2.29. The van der Waals surface area contributed by atoms with Crippen LogP contribution in [0.3, 0.4) is 0 Å². The van der Waals surface area contributed by atoms with Crippen LogP contribution in [0.2, 0.25) is 0 Å². The van der Waals surface area contributed by atoms with Crippen LogP contribution in [-0.4, -0.2) is 39.6 Å². The number of amidine groups is 1. The highest BCUT2D eigenvalue weighted by molar-refractivity contribution is 8.00. The van der Waals surface area contributed by atoms with Gasteiger partial charge in [0, 0.05) is 6.54 Å². The molecule has 3 rings (SSSR count). The van der Waals surface area contributed by atoms with E-state index in [1.807, 2.05) is 6.92 Å². The molecule has 1 aliphatic carbocycles. The Hall–Kier alpha value is -2.62. The summed E-state index contributed by atoms with van der Waals surface area (Å²) in [6.07, 6.45) is 1.52. The number of carbonyl (C=O) groups excluding carboxylic acids is 1. The quantitative estimate of drug-likeness (QED) is 0.231. The zero-order chi connectivity index (χ0) is 18.5. The molecule has 10 heteroatoms. The standard InChI is InChI=1S/C16H18FN5O3S/c1-2-18-13(23)8-26-16-14(21-25-22-16)15(20-24)19-12-6-4-9-3-5-10(17)7-11(9)12/h3,5,7,12,24H,2,4,6,8H2,1H3,(H,18,23)(H,19,20)/t12-/m1/s1. The fourth-order valence-electron chi connectivity index (χ4n) is 2.83. The topological polar surface area (TPSA) is 113 Å². The van der Waals surface area contributed by atoms with E-state index >= 15 is 0 Å². The first-order valence-electron chi connectivity index (χ1n) is 8.11. The Morgan fingerprint density at radius 2 is 2.35 bits per heavy atom. The van der Waals surface area contributed by atoms with Crippen molar-refractivity contribution < 1.29 is 19.0 Å². The molecule has 0 fully saturated rings. The minimum atomic E-state index is -0.318. The highest BCUT2D eigenvalue weighted by atomic mass is 32.2. The van der Waals surface area contributed by atoms with E-state index in [1.165, 1.54) is 12.1 Å². The maximum Gasteiger partial charge on any atom is 0.230 e. The Morgan fingerprint density at radius 1 is 1.50 bits per heavy atom. The lowest BCUT2D eigenvalue weighted by molar-refractivity contribution is -0.118. The number of aromatic nitrogens is 2. The van der Waals surface area contributed by atoms with Crippen LogP contribution in [0, 0.1) is 5.82 Å². The molecular weight excluding hydrogens is 361 g/mol. The molecule has 1 aliphatic rings. The van der Waals surface area contributed by atoms with Gasteiger partial charge in [-0.2, -0.15) is 0 Å². The van der Waals surface area contributed by atoms with Crippen molar-refractivity contribution in [1.29, 1.82) is 0 Å². The summed E-state index contributed by atoms with van der Waals surface area (Å²) >= 11 is 1.12. The molecule has 0 unspecified atom stereocenters. The second-order valence-corrected chi connectivity index (χ2v) is 6.65. The summed E-state index contributed by atoms with van der Waals surface area (Å²) in [5, 5.41) is 26.2. The molecule has 0 saturated carbocycles. The first-order valence-corrected chi connectivity index (χ1v) is 9.10. The third-order valence-electron chi connectivity index (χ3n) is 3.99. The van der Waals surface area contributed by atoms with E-state index in [9.17, 15) is 14.4 Å². The van der Waals surface area contributed by atoms with Crippen molar-refractivity contribution in [2.75, 3.05) is 12.3 Å². The van der Waals surface area contributed by atoms with Crippen molar-refractivity contribution in [3.05, 3.63) is 40.8 Å². The van der Waals surface area contributed by atoms with Gasteiger partial charge in [0.15, 0.2) is 16.6 Å². The van der Waals surface area contributed by atoms with Crippen LogP contribution in [0.15, 0.2) is 33.0 Å². The normalized spacial score (nSPS) is 16.4. The average Bonchev–Trinajstić information content (AvgIpc) is 3.25. The smallest absolute Gasteiger partial charge is 0.230 e. The van der Waals surface area contributed by atoms with Crippen molar-refractivity contribution >= 4 is 23.5 Å². The predicted molar refractivity (Wildman–Crippen MR) is 92.6 cm³/mol. The van der Waals surface area contributed by atoms with Crippen LogP contribution in [0.25, 0.3) is 0 Å². The molecule has 1 amide bonds. The van der Waals surface area contributed by atoms with Crippen molar-refractivity contribution in [1.82, 2.24) is 20.9 Å². The minimum absolute atomic E-state index is 0.0618. The molecule has 0 bridgehead atoms. The van der Waals surface area contributed by atoms with Crippen molar-refractivity contribution in [2.45, 2.75) is 30.8 Å². The summed E-state index contributed by atoms with van der Waals surface area (Å²) in [6, 6.07) is 4.44. The number of hydrogen-bond acceptors (Lipinski definition) is 7. The summed E-state index contributed by atoms with van der Waals surface area (Å²) in [7, 11) is 0. The third kappa shape index (κ3) is 3.96. The van der Waals surface area contributed by atoms with E-state index in [-0.39, 0.29) is 35.0 Å². The molecule has 8 nitrogen and oxygen atoms in total. The molecule has 0 saturated heterocycles. The Balaban J connectivity index is 1.73. The minimum Gasteiger partial charge on any atom is -0.409 e. The van der Waals surface area contributed by atoms with Crippen LogP contribution < -0.4 is 10.6 Å². The van der Waals surface area contributed by atoms with Gasteiger partial charge in [-0.05, 0) is 53.3 Å². The second kappa shape index (κ2) is 8.17. The number of nitrogens with zero attached hydrogens (tertiary/aromatic N) is 3. The average molecular weight is 379 g/mol. The van der Waals surface area contributed by atoms with E-state index in [2.05, 4.69) is 26.1 Å². The zero-order valence-corrected chi connectivity index (χ0v) is 14.8. The van der Waals surface area contributed by atoms with Crippen LogP contribution in [-0.2, 0) is 11.2 Å². The van der Waals surface area contributed by atoms with E-state index in [4.69, 9.17) is 4.63 Å². The van der Waals surface area contributed by atoms with Gasteiger partial charge in [-0.25, -0.2) is 9.02 Å². The number of carbonyl (C=O) groups is 1. The molecule has 1 aromatic heterocycles. The van der Waals surface area contributed by atoms with Crippen LogP contribution in [0.5, 0.6) is 0 Å². The number of benzene rings is 1. The molecular formula is C16H18FN5O3S. The van der Waals surface area contributed by atoms with Gasteiger partial charge in [0.05, 0.1) is 11.8 Å². The molecule has 1 heterocycles. The van der Waals surface area contributed by atoms with Gasteiger partial charge in [0.1, 0.15) is 5.82 Å². The molecule has 1 atom stereocenters. The van der Waals surface area contributed by atoms with Crippen molar-refractivity contribution in [3.63, 3.8) is 0 Å². The summed E-state index contributed by atoms with van der Waals surface area (Å²) in [6.45, 7) is 2.36. The number of rotatable bonds is 6. The van der Waals surface area contributed by atoms with E-state index in [0.29, 0.717) is 11.6 Å². The summed E-state index contributed by atoms with van der Waals surface area (Å²) < 4.78 is 18.3. The summed E-state index contributed by atoms with van der Waals surface area (Å²) in [5.41, 5.74) is 2.07. The third-order valence-corrected chi connectivity index (χ3v) is 4.94. The first kappa shape index (κ1) is 18.2. The maximum atomic E-state index is 13.5. The molecule has 138 valence electrons. The number of halogens is 1. The first-order chi connectivity index (χ1) is 12.6. The van der Waals surface area contributed by atoms with E-state index in [1.54, 1.807) is 6.07 Å². The fraction of sp³-hybridized carbons (Fsp3) is 0.375. The van der Waals surface area contributed by atoms with Gasteiger partial charge in [-0.3, -0.25) is 4.79 Å². The van der Waals surface area contributed by atoms with Gasteiger partial charge in [-0.15, -0.1) is 0 Å². The van der Waals surface area contributed by atoms with Gasteiger partial charge in [0.2, 0.25) is 5.91 Å². The fourth-order valence-corrected chi connectivity index (χ4v) is 3.56. The number of amides is 1. The highest BCUT2D eigenvalue weighted by Crippen LogP contribution is 2.32. The van der Waals surface area contributed by atoms with Gasteiger partial charge in [0.25, 0.3) is 0 Å². The second-order valence-electron chi connectivity index (χ2n) is 5.69. The predicted octanol–water partition coefficient (Wildman–Crippen LogP) is 1.85. The Kier molecular flexibility index (Phi) is 5.71. The summed E-state index contributed by atoms with van der Waals surface area (Å²) in [5.74, 6) is -0.277. The number of fused-ring (bicyclic) bond motifs is 1. The molecule has 3 N–H and O–H groups in total. The van der Waals surface area contributed by atoms with E-state index in [0.717, 1.165) is 35.7 Å². The molecule has 0 spiro atoms. The van der Waals surface area contributed by atoms with E-state index < -0.39 is 0 Å². The number of aryl methyl sites for hydroxylation is 1. The van der Waals surface area contributed by atoms with Gasteiger partial charge >= 0.3 is 0 Å². The molecule has 0 aliphatic heterocycles. The maximum absolute atomic E-state index is 13.5. The zero-order valence-electron chi connectivity index (χ0n) is 14.0. The van der Waals surface area contributed by atoms with Crippen LogP contribution >= 0.6 is 11.8 Å². The number of thioether (sulfide) groups is 1. The molecule has 0 radical (unpaired) electrons. The Morgan fingerprint density at radius 3 is 3.12 bits per heavy atom. The molecule has 2 aromatic rings. The van der Waals surface area contributed by atoms with Crippen LogP contribution in [0.1, 0.15) is 36.2 Å². The highest BCUT2D eigenvalue weighted by Gasteiger charge is 2.27. The van der Waals surface area contributed by atoms with Crippen molar-refractivity contribution in [3.8, 4) is 0 Å². The molecule has 1 aromatic carbocycles. The van der Waals surface area contributed by atoms with Crippen molar-refractivity contribution in [2.24, 2.45) is 5.16 Å². The number of oxime groups is 1. The monoisotopic (exact) mass is 379 g/mol. The van der Waals surface area contributed by atoms with Crippen LogP contribution in [0.4, 0.5) is 4.39 Å². The lowest BCUT2D eigenvalue weighted by Gasteiger charge is -2.15. The number of hydrogen-bond donors (Lipinski definition) is 3. The van der Waals surface area contributed by atoms with Gasteiger partial charge < -0.3 is 15.8 Å². The SMILES string of the molecule is CCNC(=O)CSc1nonc1/C(=N\O)N[C@@H]1CCc2ccc(F)cc21. The Labute approximate surface area is 153 Å². The summed E-state index contributed by atoms with van der Waals surface area (Å²) in [4.78, 5) is 11.6. The largest absolute Gasteiger partial charge is 0.409 e. The molecule has 26 heavy (non-hydrogen) atoms. The number of nitrogens with one attached hydrogen (secondary N) is 2. The Bertz CT molecular complexity index is 826. The lowest BCUT2D eigenvalue weighted by atomic mass is 10.1. The van der Waals surface area contributed by atoms with Gasteiger partial charge in [-0.1, -0.05) is 23.0 Å².